The van der Waals surface area contributed by atoms with E-state index in [9.17, 15) is 5.11 Å². The molecule has 0 aliphatic heterocycles. The zero-order valence-corrected chi connectivity index (χ0v) is 10.9. The molecule has 0 amide bonds. The fraction of sp³-hybridized carbons (Fsp3) is 0. The van der Waals surface area contributed by atoms with Gasteiger partial charge in [-0.15, -0.1) is 0 Å². The molecule has 0 bridgehead atoms. The molecule has 0 saturated heterocycles. The van der Waals surface area contributed by atoms with E-state index in [0.717, 1.165) is 22.1 Å². The Kier molecular flexibility index (Phi) is 2.50. The molecule has 4 aromatic rings. The van der Waals surface area contributed by atoms with Crippen molar-refractivity contribution in [3.8, 4) is 28.6 Å². The quantitative estimate of drug-likeness (QED) is 0.602. The molecule has 2 heterocycles. The zero-order chi connectivity index (χ0) is 14.2. The lowest BCUT2D eigenvalue weighted by atomic mass is 10.1. The molecule has 0 radical (unpaired) electrons. The van der Waals surface area contributed by atoms with Crippen LogP contribution in [-0.2, 0) is 0 Å². The third-order valence-corrected chi connectivity index (χ3v) is 3.26. The Morgan fingerprint density at radius 2 is 1.76 bits per heavy atom. The summed E-state index contributed by atoms with van der Waals surface area (Å²) in [6.45, 7) is 0. The van der Waals surface area contributed by atoms with Crippen LogP contribution in [0.3, 0.4) is 0 Å². The van der Waals surface area contributed by atoms with Crippen molar-refractivity contribution in [2.24, 2.45) is 0 Å². The lowest BCUT2D eigenvalue weighted by molar-refractivity contribution is 0.432. The Hall–Kier alpha value is -3.08. The number of benzene rings is 2. The minimum atomic E-state index is 0.194. The van der Waals surface area contributed by atoms with Gasteiger partial charge in [0.15, 0.2) is 0 Å². The van der Waals surface area contributed by atoms with Crippen molar-refractivity contribution in [1.82, 2.24) is 10.1 Å². The second-order valence-corrected chi connectivity index (χ2v) is 4.62. The molecule has 0 saturated carbocycles. The first-order valence-corrected chi connectivity index (χ1v) is 6.41. The van der Waals surface area contributed by atoms with Crippen molar-refractivity contribution in [3.63, 3.8) is 0 Å². The number of hydrogen-bond acceptors (Lipinski definition) is 5. The second kappa shape index (κ2) is 4.49. The average Bonchev–Trinajstić information content (AvgIpc) is 3.14. The highest BCUT2D eigenvalue weighted by atomic mass is 16.5. The van der Waals surface area contributed by atoms with Crippen LogP contribution in [0.1, 0.15) is 0 Å². The van der Waals surface area contributed by atoms with Crippen molar-refractivity contribution < 1.29 is 14.0 Å². The highest BCUT2D eigenvalue weighted by Crippen LogP contribution is 2.30. The zero-order valence-electron chi connectivity index (χ0n) is 10.9. The van der Waals surface area contributed by atoms with Crippen LogP contribution in [-0.4, -0.2) is 15.2 Å². The molecule has 21 heavy (non-hydrogen) atoms. The maximum Gasteiger partial charge on any atom is 0.258 e. The minimum Gasteiger partial charge on any atom is -0.508 e. The Morgan fingerprint density at radius 3 is 2.62 bits per heavy atom. The predicted molar refractivity (Wildman–Crippen MR) is 76.6 cm³/mol. The maximum absolute atomic E-state index is 9.30. The molecular formula is C16H10N2O3. The lowest BCUT2D eigenvalue weighted by Gasteiger charge is -1.93. The van der Waals surface area contributed by atoms with E-state index in [2.05, 4.69) is 10.1 Å². The number of fused-ring (bicyclic) bond motifs is 1. The molecule has 4 rings (SSSR count). The van der Waals surface area contributed by atoms with E-state index in [1.807, 2.05) is 24.3 Å². The van der Waals surface area contributed by atoms with Crippen molar-refractivity contribution in [1.29, 1.82) is 0 Å². The summed E-state index contributed by atoms with van der Waals surface area (Å²) in [5, 5.41) is 14.2. The summed E-state index contributed by atoms with van der Waals surface area (Å²) in [5.74, 6) is 1.07. The molecule has 0 fully saturated rings. The summed E-state index contributed by atoms with van der Waals surface area (Å²) in [6, 6.07) is 14.3. The van der Waals surface area contributed by atoms with Gasteiger partial charge in [-0.25, -0.2) is 0 Å². The van der Waals surface area contributed by atoms with E-state index in [1.54, 1.807) is 30.5 Å². The molecule has 102 valence electrons. The Balaban J connectivity index is 1.79. The number of aromatic hydroxyl groups is 1. The van der Waals surface area contributed by atoms with E-state index >= 15 is 0 Å². The third-order valence-electron chi connectivity index (χ3n) is 3.26. The van der Waals surface area contributed by atoms with Crippen molar-refractivity contribution in [3.05, 3.63) is 54.8 Å². The first-order valence-electron chi connectivity index (χ1n) is 6.41. The monoisotopic (exact) mass is 278 g/mol. The number of para-hydroxylation sites is 1. The van der Waals surface area contributed by atoms with E-state index in [-0.39, 0.29) is 5.75 Å². The van der Waals surface area contributed by atoms with Crippen LogP contribution in [0, 0.1) is 0 Å². The Morgan fingerprint density at radius 1 is 0.952 bits per heavy atom. The third kappa shape index (κ3) is 1.95. The predicted octanol–water partition coefficient (Wildman–Crippen LogP) is 3.86. The molecule has 5 nitrogen and oxygen atoms in total. The molecule has 0 aliphatic carbocycles. The highest BCUT2D eigenvalue weighted by molar-refractivity contribution is 5.92. The molecular weight excluding hydrogens is 268 g/mol. The molecule has 2 aromatic carbocycles. The number of phenolic OH excluding ortho intramolecular Hbond substituents is 1. The van der Waals surface area contributed by atoms with Crippen LogP contribution in [0.25, 0.3) is 33.8 Å². The van der Waals surface area contributed by atoms with Gasteiger partial charge in [-0.2, -0.15) is 4.98 Å². The number of hydrogen-bond donors (Lipinski definition) is 1. The summed E-state index contributed by atoms with van der Waals surface area (Å²) in [6.07, 6.45) is 1.62. The van der Waals surface area contributed by atoms with E-state index in [1.165, 1.54) is 0 Å². The largest absolute Gasteiger partial charge is 0.508 e. The fourth-order valence-corrected chi connectivity index (χ4v) is 2.21. The molecule has 0 unspecified atom stereocenters. The Bertz CT molecular complexity index is 907. The SMILES string of the molecule is Oc1ccc(-c2nc(-c3coc4ccccc34)no2)cc1. The topological polar surface area (TPSA) is 72.3 Å². The second-order valence-electron chi connectivity index (χ2n) is 4.62. The first-order chi connectivity index (χ1) is 10.3. The van der Waals surface area contributed by atoms with E-state index < -0.39 is 0 Å². The number of rotatable bonds is 2. The van der Waals surface area contributed by atoms with Gasteiger partial charge in [0.05, 0.1) is 5.56 Å². The number of nitrogens with zero attached hydrogens (tertiary/aromatic N) is 2. The standard InChI is InChI=1S/C16H10N2O3/c19-11-7-5-10(6-8-11)16-17-15(18-21-16)13-9-20-14-4-2-1-3-12(13)14/h1-9,19H. The molecule has 0 aliphatic rings. The number of aromatic nitrogens is 2. The number of phenols is 1. The summed E-state index contributed by atoms with van der Waals surface area (Å²) in [7, 11) is 0. The normalized spacial score (nSPS) is 11.0. The van der Waals surface area contributed by atoms with E-state index in [0.29, 0.717) is 11.7 Å². The van der Waals surface area contributed by atoms with Gasteiger partial charge in [0.2, 0.25) is 5.82 Å². The van der Waals surface area contributed by atoms with E-state index in [4.69, 9.17) is 8.94 Å². The molecule has 2 aromatic heterocycles. The summed E-state index contributed by atoms with van der Waals surface area (Å²) in [4.78, 5) is 4.38. The van der Waals surface area contributed by atoms with Gasteiger partial charge in [0, 0.05) is 10.9 Å². The average molecular weight is 278 g/mol. The summed E-state index contributed by atoms with van der Waals surface area (Å²) < 4.78 is 10.8. The maximum atomic E-state index is 9.30. The van der Waals surface area contributed by atoms with Crippen molar-refractivity contribution in [2.45, 2.75) is 0 Å². The minimum absolute atomic E-state index is 0.194. The van der Waals surface area contributed by atoms with Gasteiger partial charge < -0.3 is 14.0 Å². The van der Waals surface area contributed by atoms with Gasteiger partial charge in [-0.3, -0.25) is 0 Å². The molecule has 1 N–H and O–H groups in total. The van der Waals surface area contributed by atoms with Crippen LogP contribution in [0.15, 0.2) is 63.7 Å². The van der Waals surface area contributed by atoms with Crippen LogP contribution < -0.4 is 0 Å². The van der Waals surface area contributed by atoms with Crippen molar-refractivity contribution in [2.75, 3.05) is 0 Å². The first kappa shape index (κ1) is 11.7. The number of furan rings is 1. The summed E-state index contributed by atoms with van der Waals surface area (Å²) in [5.41, 5.74) is 2.32. The highest BCUT2D eigenvalue weighted by Gasteiger charge is 2.15. The van der Waals surface area contributed by atoms with Gasteiger partial charge in [-0.05, 0) is 30.3 Å². The van der Waals surface area contributed by atoms with Gasteiger partial charge in [0.1, 0.15) is 17.6 Å². The fourth-order valence-electron chi connectivity index (χ4n) is 2.21. The van der Waals surface area contributed by atoms with Gasteiger partial charge in [-0.1, -0.05) is 23.4 Å². The summed E-state index contributed by atoms with van der Waals surface area (Å²) >= 11 is 0. The molecule has 5 heteroatoms. The van der Waals surface area contributed by atoms with Gasteiger partial charge >= 0.3 is 0 Å². The smallest absolute Gasteiger partial charge is 0.258 e. The molecule has 0 atom stereocenters. The van der Waals surface area contributed by atoms with Crippen LogP contribution in [0.5, 0.6) is 5.75 Å². The van der Waals surface area contributed by atoms with Crippen LogP contribution in [0.2, 0.25) is 0 Å². The van der Waals surface area contributed by atoms with Crippen molar-refractivity contribution >= 4 is 11.0 Å². The van der Waals surface area contributed by atoms with Crippen LogP contribution >= 0.6 is 0 Å². The molecule has 0 spiro atoms. The lowest BCUT2D eigenvalue weighted by Crippen LogP contribution is -1.79. The van der Waals surface area contributed by atoms with Crippen LogP contribution in [0.4, 0.5) is 0 Å². The van der Waals surface area contributed by atoms with Gasteiger partial charge in [0.25, 0.3) is 5.89 Å². The Labute approximate surface area is 119 Å².